The first-order valence-corrected chi connectivity index (χ1v) is 7.29. The summed E-state index contributed by atoms with van der Waals surface area (Å²) in [7, 11) is 4.05. The Kier molecular flexibility index (Phi) is 2.36. The molecule has 114 valence electrons. The Morgan fingerprint density at radius 2 is 1.52 bits per heavy atom. The van der Waals surface area contributed by atoms with Gasteiger partial charge in [-0.3, -0.25) is 14.4 Å². The van der Waals surface area contributed by atoms with Crippen molar-refractivity contribution in [1.82, 2.24) is 0 Å². The first kappa shape index (κ1) is 13.1. The van der Waals surface area contributed by atoms with Crippen LogP contribution in [0.3, 0.4) is 0 Å². The third-order valence-corrected chi connectivity index (χ3v) is 6.61. The number of rotatable bonds is 3. The van der Waals surface area contributed by atoms with Crippen molar-refractivity contribution >= 4 is 17.9 Å². The van der Waals surface area contributed by atoms with Gasteiger partial charge in [0.05, 0.1) is 38.6 Å². The maximum atomic E-state index is 12.3. The van der Waals surface area contributed by atoms with Crippen LogP contribution in [0.2, 0.25) is 0 Å². The molecule has 8 atom stereocenters. The summed E-state index contributed by atoms with van der Waals surface area (Å²) >= 11 is 0. The molecule has 0 spiro atoms. The fraction of sp³-hybridized carbons (Fsp3) is 0.800. The molecular weight excluding hydrogens is 276 g/mol. The molecule has 0 aliphatic heterocycles. The van der Waals surface area contributed by atoms with E-state index in [0.29, 0.717) is 0 Å². The molecule has 0 amide bonds. The second kappa shape index (κ2) is 3.78. The van der Waals surface area contributed by atoms with Gasteiger partial charge in [-0.1, -0.05) is 0 Å². The highest BCUT2D eigenvalue weighted by atomic mass is 16.5. The maximum Gasteiger partial charge on any atom is 0.312 e. The van der Waals surface area contributed by atoms with Crippen LogP contribution in [-0.4, -0.2) is 39.2 Å². The smallest absolute Gasteiger partial charge is 0.312 e. The minimum absolute atomic E-state index is 0.0654. The Morgan fingerprint density at radius 3 is 2.10 bits per heavy atom. The summed E-state index contributed by atoms with van der Waals surface area (Å²) in [5, 5.41) is 0. The first-order chi connectivity index (χ1) is 10.0. The molecule has 6 bridgehead atoms. The van der Waals surface area contributed by atoms with E-state index >= 15 is 0 Å². The zero-order valence-corrected chi connectivity index (χ0v) is 12.2. The molecule has 5 aliphatic rings. The molecule has 0 heterocycles. The van der Waals surface area contributed by atoms with Gasteiger partial charge in [0.15, 0.2) is 0 Å². The fourth-order valence-corrected chi connectivity index (χ4v) is 6.35. The number of hydrogen-bond donors (Lipinski definition) is 0. The van der Waals surface area contributed by atoms with E-state index in [9.17, 15) is 14.4 Å². The topological polar surface area (TPSA) is 78.9 Å². The maximum absolute atomic E-state index is 12.3. The first-order valence-electron chi connectivity index (χ1n) is 7.29. The van der Waals surface area contributed by atoms with Gasteiger partial charge in [-0.2, -0.15) is 0 Å². The zero-order chi connectivity index (χ0) is 15.1. The summed E-state index contributed by atoms with van der Waals surface area (Å²) in [6.45, 7) is 0. The summed E-state index contributed by atoms with van der Waals surface area (Å²) in [5.41, 5.74) is -0.534. The molecule has 5 fully saturated rings. The highest BCUT2D eigenvalue weighted by Crippen LogP contribution is 2.90. The minimum Gasteiger partial charge on any atom is -0.469 e. The van der Waals surface area contributed by atoms with Crippen LogP contribution in [0.25, 0.3) is 0 Å². The van der Waals surface area contributed by atoms with Crippen LogP contribution in [0.4, 0.5) is 0 Å². The van der Waals surface area contributed by atoms with Crippen LogP contribution in [0.1, 0.15) is 6.42 Å². The lowest BCUT2D eigenvalue weighted by Gasteiger charge is -2.30. The summed E-state index contributed by atoms with van der Waals surface area (Å²) < 4.78 is 14.8. The largest absolute Gasteiger partial charge is 0.469 e. The number of hydrogen-bond acceptors (Lipinski definition) is 6. The van der Waals surface area contributed by atoms with E-state index in [2.05, 4.69) is 0 Å². The molecule has 6 nitrogen and oxygen atoms in total. The van der Waals surface area contributed by atoms with E-state index in [4.69, 9.17) is 14.2 Å². The molecule has 5 rings (SSSR count). The van der Waals surface area contributed by atoms with E-state index in [-0.39, 0.29) is 41.5 Å². The van der Waals surface area contributed by atoms with Gasteiger partial charge in [0.2, 0.25) is 0 Å². The molecule has 0 aromatic heterocycles. The predicted molar refractivity (Wildman–Crippen MR) is 67.5 cm³/mol. The molecule has 0 radical (unpaired) electrons. The number of carbonyl (C=O) groups excluding carboxylic acids is 3. The summed E-state index contributed by atoms with van der Waals surface area (Å²) in [5.74, 6) is -1.37. The average molecular weight is 294 g/mol. The van der Waals surface area contributed by atoms with Gasteiger partial charge < -0.3 is 14.2 Å². The van der Waals surface area contributed by atoms with Crippen LogP contribution in [0.15, 0.2) is 0 Å². The van der Waals surface area contributed by atoms with Crippen molar-refractivity contribution in [2.75, 3.05) is 21.3 Å². The molecule has 21 heavy (non-hydrogen) atoms. The zero-order valence-electron chi connectivity index (χ0n) is 12.2. The van der Waals surface area contributed by atoms with Crippen molar-refractivity contribution in [3.63, 3.8) is 0 Å². The predicted octanol–water partition coefficient (Wildman–Crippen LogP) is 0.250. The van der Waals surface area contributed by atoms with E-state index in [1.165, 1.54) is 21.3 Å². The summed E-state index contributed by atoms with van der Waals surface area (Å²) in [6.07, 6.45) is 0.913. The number of methoxy groups -OCH3 is 3. The molecule has 0 aromatic rings. The second-order valence-corrected chi connectivity index (χ2v) is 6.66. The third-order valence-electron chi connectivity index (χ3n) is 6.61. The van der Waals surface area contributed by atoms with E-state index < -0.39 is 23.2 Å². The van der Waals surface area contributed by atoms with Crippen molar-refractivity contribution in [1.29, 1.82) is 0 Å². The highest BCUT2D eigenvalue weighted by Gasteiger charge is 2.93. The van der Waals surface area contributed by atoms with Crippen LogP contribution >= 0.6 is 0 Å². The van der Waals surface area contributed by atoms with Crippen LogP contribution in [-0.2, 0) is 28.6 Å². The molecule has 5 saturated carbocycles. The Bertz CT molecular complexity index is 556. The lowest BCUT2D eigenvalue weighted by molar-refractivity contribution is -0.165. The number of carbonyl (C=O) groups is 3. The number of ether oxygens (including phenoxy) is 3. The van der Waals surface area contributed by atoms with E-state index in [1.807, 2.05) is 0 Å². The van der Waals surface area contributed by atoms with Gasteiger partial charge >= 0.3 is 17.9 Å². The Labute approximate surface area is 122 Å². The van der Waals surface area contributed by atoms with Crippen molar-refractivity contribution in [3.8, 4) is 0 Å². The van der Waals surface area contributed by atoms with Crippen LogP contribution in [0, 0.1) is 46.8 Å². The van der Waals surface area contributed by atoms with E-state index in [0.717, 1.165) is 6.42 Å². The summed E-state index contributed by atoms with van der Waals surface area (Å²) in [6, 6.07) is 0. The lowest BCUT2D eigenvalue weighted by Crippen LogP contribution is -2.42. The molecule has 0 saturated heterocycles. The lowest BCUT2D eigenvalue weighted by atomic mass is 9.73. The number of esters is 3. The van der Waals surface area contributed by atoms with Crippen LogP contribution in [0.5, 0.6) is 0 Å². The van der Waals surface area contributed by atoms with Gasteiger partial charge in [-0.15, -0.1) is 0 Å². The SMILES string of the molecule is COC(=O)[C@@H]1[C@@H]2C3CC4C2[C@]4(C(=O)OC)[C@H]3[C@@H]1C(=O)OC. The quantitative estimate of drug-likeness (QED) is 0.548. The van der Waals surface area contributed by atoms with Crippen LogP contribution < -0.4 is 0 Å². The van der Waals surface area contributed by atoms with Crippen molar-refractivity contribution in [2.45, 2.75) is 6.42 Å². The Hall–Kier alpha value is -1.59. The summed E-state index contributed by atoms with van der Waals surface area (Å²) in [4.78, 5) is 36.7. The molecule has 0 N–H and O–H groups in total. The van der Waals surface area contributed by atoms with Gasteiger partial charge in [-0.25, -0.2) is 0 Å². The molecule has 3 unspecified atom stereocenters. The van der Waals surface area contributed by atoms with Crippen molar-refractivity contribution in [3.05, 3.63) is 0 Å². The Balaban J connectivity index is 1.78. The minimum atomic E-state index is -0.569. The third kappa shape index (κ3) is 1.12. The fourth-order valence-electron chi connectivity index (χ4n) is 6.35. The van der Waals surface area contributed by atoms with Crippen molar-refractivity contribution < 1.29 is 28.6 Å². The van der Waals surface area contributed by atoms with Gasteiger partial charge in [0.1, 0.15) is 0 Å². The van der Waals surface area contributed by atoms with Crippen molar-refractivity contribution in [2.24, 2.45) is 46.8 Å². The standard InChI is InChI=1S/C15H18O6/c1-19-12(16)8-7-5-4-6-11(7)15(6,14(18)21-3)10(5)9(8)13(17)20-2/h5-11H,4H2,1-3H3/t5?,6?,7-,8+,9+,10+,11?,15+/m0/s1. The molecule has 0 aromatic carbocycles. The average Bonchev–Trinajstić information content (AvgIpc) is 2.88. The van der Waals surface area contributed by atoms with Gasteiger partial charge in [0.25, 0.3) is 0 Å². The molecule has 6 heteroatoms. The van der Waals surface area contributed by atoms with Gasteiger partial charge in [0, 0.05) is 0 Å². The monoisotopic (exact) mass is 294 g/mol. The normalized spacial score (nSPS) is 50.7. The molecule has 5 aliphatic carbocycles. The Morgan fingerprint density at radius 1 is 0.905 bits per heavy atom. The molecular formula is C15H18O6. The second-order valence-electron chi connectivity index (χ2n) is 6.66. The highest BCUT2D eigenvalue weighted by molar-refractivity contribution is 5.91. The van der Waals surface area contributed by atoms with E-state index in [1.54, 1.807) is 0 Å². The van der Waals surface area contributed by atoms with Gasteiger partial charge in [-0.05, 0) is 36.0 Å².